The van der Waals surface area contributed by atoms with Gasteiger partial charge in [-0.3, -0.25) is 5.32 Å². The van der Waals surface area contributed by atoms with E-state index in [2.05, 4.69) is 45.2 Å². The Labute approximate surface area is 230 Å². The van der Waals surface area contributed by atoms with Crippen molar-refractivity contribution in [2.45, 2.75) is 64.9 Å². The molecular weight excluding hydrogens is 496 g/mol. The summed E-state index contributed by atoms with van der Waals surface area (Å²) in [7, 11) is 4.39. The number of nitrogens with one attached hydrogen (secondary N) is 1. The Morgan fingerprint density at radius 2 is 1.79 bits per heavy atom. The second-order valence-corrected chi connectivity index (χ2v) is 10.2. The molecule has 1 aliphatic carbocycles. The molecule has 0 fully saturated rings. The number of hydrogen-bond acceptors (Lipinski definition) is 7. The topological polar surface area (TPSA) is 107 Å². The standard InChI is InChI=1S/C31H38N2O6/c1-18(2)9-8-10-19(3)26-23-16-24(30(34)38-7)28(36-5)29(37-6)27(23)20(4)15-25(26)39-31(35)33-22-13-11-21(17-32)12-14-22/h9,11-14,16,19-20,25-26H,8,10,15H2,1-7H3,(H,33,35)/t19-,20+,25+,26-/m0/s1. The van der Waals surface area contributed by atoms with Gasteiger partial charge in [0.15, 0.2) is 11.5 Å². The third-order valence-electron chi connectivity index (χ3n) is 7.26. The van der Waals surface area contributed by atoms with Gasteiger partial charge in [-0.15, -0.1) is 0 Å². The molecule has 2 aromatic carbocycles. The molecule has 1 N–H and O–H groups in total. The number of anilines is 1. The largest absolute Gasteiger partial charge is 0.493 e. The molecule has 4 atom stereocenters. The van der Waals surface area contributed by atoms with Gasteiger partial charge >= 0.3 is 12.1 Å². The zero-order valence-electron chi connectivity index (χ0n) is 23.8. The molecule has 3 rings (SSSR count). The van der Waals surface area contributed by atoms with Gasteiger partial charge in [0.05, 0.1) is 33.0 Å². The van der Waals surface area contributed by atoms with Gasteiger partial charge in [-0.1, -0.05) is 25.5 Å². The lowest BCUT2D eigenvalue weighted by Crippen LogP contribution is -2.37. The minimum atomic E-state index is -0.574. The third-order valence-corrected chi connectivity index (χ3v) is 7.26. The number of carbonyl (C=O) groups is 2. The van der Waals surface area contributed by atoms with Gasteiger partial charge in [-0.2, -0.15) is 5.26 Å². The van der Waals surface area contributed by atoms with Gasteiger partial charge in [0.25, 0.3) is 0 Å². The highest BCUT2D eigenvalue weighted by molar-refractivity contribution is 5.94. The van der Waals surface area contributed by atoms with Gasteiger partial charge in [-0.05, 0) is 80.8 Å². The van der Waals surface area contributed by atoms with Gasteiger partial charge < -0.3 is 18.9 Å². The fourth-order valence-electron chi connectivity index (χ4n) is 5.46. The number of ether oxygens (including phenoxy) is 4. The molecule has 0 unspecified atom stereocenters. The van der Waals surface area contributed by atoms with Gasteiger partial charge in [0.2, 0.25) is 0 Å². The second kappa shape index (κ2) is 13.2. The van der Waals surface area contributed by atoms with Crippen LogP contribution in [0.2, 0.25) is 0 Å². The van der Waals surface area contributed by atoms with Crippen LogP contribution in [0.4, 0.5) is 10.5 Å². The first-order valence-electron chi connectivity index (χ1n) is 13.1. The number of esters is 1. The number of fused-ring (bicyclic) bond motifs is 1. The van der Waals surface area contributed by atoms with Crippen LogP contribution < -0.4 is 14.8 Å². The summed E-state index contributed by atoms with van der Waals surface area (Å²) in [6, 6.07) is 10.5. The molecule has 208 valence electrons. The SMILES string of the molecule is COC(=O)c1cc2c(c(OC)c1OC)[C@H](C)C[C@@H](OC(=O)Nc1ccc(C#N)cc1)[C@H]2[C@@H](C)CCC=C(C)C. The number of nitriles is 1. The van der Waals surface area contributed by atoms with Crippen molar-refractivity contribution in [3.63, 3.8) is 0 Å². The highest BCUT2D eigenvalue weighted by atomic mass is 16.6. The molecular formula is C31H38N2O6. The molecule has 0 saturated heterocycles. The van der Waals surface area contributed by atoms with Crippen LogP contribution in [0.15, 0.2) is 42.0 Å². The molecule has 0 saturated carbocycles. The van der Waals surface area contributed by atoms with Crippen molar-refractivity contribution < 1.29 is 28.5 Å². The number of rotatable bonds is 9. The Balaban J connectivity index is 2.05. The van der Waals surface area contributed by atoms with E-state index in [1.54, 1.807) is 31.4 Å². The molecule has 1 amide bonds. The number of hydrogen-bond donors (Lipinski definition) is 1. The van der Waals surface area contributed by atoms with Crippen LogP contribution >= 0.6 is 0 Å². The smallest absolute Gasteiger partial charge is 0.411 e. The zero-order chi connectivity index (χ0) is 28.7. The molecule has 0 aliphatic heterocycles. The van der Waals surface area contributed by atoms with E-state index >= 15 is 0 Å². The van der Waals surface area contributed by atoms with Crippen molar-refractivity contribution in [1.82, 2.24) is 0 Å². The lowest BCUT2D eigenvalue weighted by Gasteiger charge is -2.40. The molecule has 1 aliphatic rings. The predicted molar refractivity (Wildman–Crippen MR) is 150 cm³/mol. The normalized spacial score (nSPS) is 18.6. The van der Waals surface area contributed by atoms with Gasteiger partial charge in [0.1, 0.15) is 11.7 Å². The monoisotopic (exact) mass is 534 g/mol. The quantitative estimate of drug-likeness (QED) is 0.274. The average Bonchev–Trinajstić information content (AvgIpc) is 2.91. The minimum absolute atomic E-state index is 0.0375. The maximum Gasteiger partial charge on any atom is 0.411 e. The summed E-state index contributed by atoms with van der Waals surface area (Å²) in [5.74, 6) is 0.191. The summed E-state index contributed by atoms with van der Waals surface area (Å²) in [6.45, 7) is 8.34. The number of amides is 1. The van der Waals surface area contributed by atoms with E-state index in [0.717, 1.165) is 24.0 Å². The van der Waals surface area contributed by atoms with Crippen LogP contribution in [0.3, 0.4) is 0 Å². The minimum Gasteiger partial charge on any atom is -0.493 e. The number of methoxy groups -OCH3 is 3. The van der Waals surface area contributed by atoms with Crippen LogP contribution in [0.5, 0.6) is 11.5 Å². The Morgan fingerprint density at radius 1 is 1.13 bits per heavy atom. The number of benzene rings is 2. The molecule has 0 aromatic heterocycles. The summed E-state index contributed by atoms with van der Waals surface area (Å²) in [6.07, 6.45) is 3.49. The van der Waals surface area contributed by atoms with Crippen LogP contribution in [0, 0.1) is 17.2 Å². The highest BCUT2D eigenvalue weighted by Gasteiger charge is 2.42. The van der Waals surface area contributed by atoms with Crippen molar-refractivity contribution >= 4 is 17.7 Å². The van der Waals surface area contributed by atoms with Crippen LogP contribution in [-0.4, -0.2) is 39.5 Å². The predicted octanol–water partition coefficient (Wildman–Crippen LogP) is 6.95. The Kier molecular flexibility index (Phi) is 10.00. The van der Waals surface area contributed by atoms with E-state index in [-0.39, 0.29) is 23.3 Å². The second-order valence-electron chi connectivity index (χ2n) is 10.2. The van der Waals surface area contributed by atoms with Gasteiger partial charge in [-0.25, -0.2) is 9.59 Å². The lowest BCUT2D eigenvalue weighted by atomic mass is 9.69. The summed E-state index contributed by atoms with van der Waals surface area (Å²) in [5, 5.41) is 11.8. The van der Waals surface area contributed by atoms with E-state index in [1.807, 2.05) is 6.07 Å². The van der Waals surface area contributed by atoms with Crippen LogP contribution in [0.25, 0.3) is 0 Å². The Hall–Kier alpha value is -3.99. The molecule has 39 heavy (non-hydrogen) atoms. The molecule has 0 bridgehead atoms. The first-order valence-corrected chi connectivity index (χ1v) is 13.1. The fourth-order valence-corrected chi connectivity index (χ4v) is 5.46. The van der Waals surface area contributed by atoms with Crippen LogP contribution in [-0.2, 0) is 9.47 Å². The fraction of sp³-hybridized carbons (Fsp3) is 0.452. The Bertz CT molecular complexity index is 1260. The van der Waals surface area contributed by atoms with Crippen LogP contribution in [0.1, 0.15) is 85.8 Å². The summed E-state index contributed by atoms with van der Waals surface area (Å²) < 4.78 is 22.6. The van der Waals surface area contributed by atoms with Crippen molar-refractivity contribution in [1.29, 1.82) is 5.26 Å². The van der Waals surface area contributed by atoms with E-state index in [1.165, 1.54) is 19.8 Å². The molecule has 0 spiro atoms. The summed E-state index contributed by atoms with van der Waals surface area (Å²) >= 11 is 0. The zero-order valence-corrected chi connectivity index (χ0v) is 23.8. The molecule has 2 aromatic rings. The van der Waals surface area contributed by atoms with E-state index < -0.39 is 18.2 Å². The highest BCUT2D eigenvalue weighted by Crippen LogP contribution is 2.52. The lowest BCUT2D eigenvalue weighted by molar-refractivity contribution is 0.0576. The molecule has 8 nitrogen and oxygen atoms in total. The summed E-state index contributed by atoms with van der Waals surface area (Å²) in [5.41, 5.74) is 4.40. The first-order chi connectivity index (χ1) is 18.6. The maximum absolute atomic E-state index is 13.0. The first kappa shape index (κ1) is 29.6. The van der Waals surface area contributed by atoms with Gasteiger partial charge in [0, 0.05) is 17.2 Å². The number of carbonyl (C=O) groups excluding carboxylic acids is 2. The molecule has 8 heteroatoms. The van der Waals surface area contributed by atoms with E-state index in [4.69, 9.17) is 24.2 Å². The number of nitrogens with zero attached hydrogens (tertiary/aromatic N) is 1. The Morgan fingerprint density at radius 3 is 2.36 bits per heavy atom. The maximum atomic E-state index is 13.0. The van der Waals surface area contributed by atoms with E-state index in [0.29, 0.717) is 29.2 Å². The number of allylic oxidation sites excluding steroid dienone is 2. The van der Waals surface area contributed by atoms with Crippen molar-refractivity contribution in [2.24, 2.45) is 5.92 Å². The van der Waals surface area contributed by atoms with Crippen molar-refractivity contribution in [2.75, 3.05) is 26.6 Å². The summed E-state index contributed by atoms with van der Waals surface area (Å²) in [4.78, 5) is 25.8. The van der Waals surface area contributed by atoms with Crippen molar-refractivity contribution in [3.05, 3.63) is 64.2 Å². The molecule has 0 radical (unpaired) electrons. The van der Waals surface area contributed by atoms with E-state index in [9.17, 15) is 9.59 Å². The molecule has 0 heterocycles. The van der Waals surface area contributed by atoms with Crippen molar-refractivity contribution in [3.8, 4) is 17.6 Å². The average molecular weight is 535 g/mol. The third kappa shape index (κ3) is 6.72.